The Balaban J connectivity index is 1.96. The lowest BCUT2D eigenvalue weighted by atomic mass is 9.83. The van der Waals surface area contributed by atoms with Gasteiger partial charge in [-0.2, -0.15) is 0 Å². The minimum Gasteiger partial charge on any atom is -0.369 e. The highest BCUT2D eigenvalue weighted by molar-refractivity contribution is 5.78. The summed E-state index contributed by atoms with van der Waals surface area (Å²) in [7, 11) is 0. The van der Waals surface area contributed by atoms with Crippen LogP contribution >= 0.6 is 0 Å². The summed E-state index contributed by atoms with van der Waals surface area (Å²) in [6.45, 7) is 0. The Morgan fingerprint density at radius 3 is 1.71 bits per heavy atom. The molecule has 0 fully saturated rings. The number of rotatable bonds is 0. The number of hydrogen-bond donors (Lipinski definition) is 1. The Bertz CT molecular complexity index is 922. The largest absolute Gasteiger partial charge is 0.369 e. The van der Waals surface area contributed by atoms with Crippen LogP contribution in [0.25, 0.3) is 12.2 Å². The second kappa shape index (κ2) is 5.85. The fourth-order valence-corrected chi connectivity index (χ4v) is 3.09. The second-order valence-corrected chi connectivity index (χ2v) is 5.83. The van der Waals surface area contributed by atoms with E-state index in [1.54, 1.807) is 0 Å². The molecule has 1 nitrogen and oxygen atoms in total. The molecule has 0 amide bonds. The molecule has 0 saturated heterocycles. The maximum atomic E-state index is 11.6. The summed E-state index contributed by atoms with van der Waals surface area (Å²) < 4.78 is 0. The Hall–Kier alpha value is -3.08. The van der Waals surface area contributed by atoms with Crippen LogP contribution in [0, 0.1) is 11.8 Å². The van der Waals surface area contributed by atoms with Gasteiger partial charge in [0.15, 0.2) is 5.60 Å². The van der Waals surface area contributed by atoms with Gasteiger partial charge in [0.1, 0.15) is 0 Å². The van der Waals surface area contributed by atoms with Gasteiger partial charge in [0.05, 0.1) is 0 Å². The number of benzene rings is 3. The molecule has 0 aromatic heterocycles. The van der Waals surface area contributed by atoms with Crippen molar-refractivity contribution in [2.24, 2.45) is 0 Å². The van der Waals surface area contributed by atoms with Gasteiger partial charge >= 0.3 is 0 Å². The summed E-state index contributed by atoms with van der Waals surface area (Å²) in [5.74, 6) is 6.27. The molecule has 1 aliphatic carbocycles. The van der Waals surface area contributed by atoms with Gasteiger partial charge in [0, 0.05) is 16.7 Å². The highest BCUT2D eigenvalue weighted by Gasteiger charge is 2.34. The molecule has 0 saturated carbocycles. The topological polar surface area (TPSA) is 20.2 Å². The number of fused-ring (bicyclic) bond motifs is 2. The van der Waals surface area contributed by atoms with E-state index >= 15 is 0 Å². The molecule has 1 aliphatic rings. The second-order valence-electron chi connectivity index (χ2n) is 5.83. The molecular weight excluding hydrogens is 292 g/mol. The van der Waals surface area contributed by atoms with Crippen molar-refractivity contribution in [3.63, 3.8) is 0 Å². The molecule has 0 atom stereocenters. The van der Waals surface area contributed by atoms with Crippen molar-refractivity contribution in [2.75, 3.05) is 0 Å². The van der Waals surface area contributed by atoms with E-state index in [-0.39, 0.29) is 0 Å². The normalized spacial score (nSPS) is 13.9. The molecule has 24 heavy (non-hydrogen) atoms. The van der Waals surface area contributed by atoms with Gasteiger partial charge in [-0.15, -0.1) is 0 Å². The fraction of sp³-hybridized carbons (Fsp3) is 0.0435. The zero-order chi connectivity index (χ0) is 16.4. The number of hydrogen-bond acceptors (Lipinski definition) is 1. The molecule has 114 valence electrons. The third kappa shape index (κ3) is 2.44. The highest BCUT2D eigenvalue weighted by atomic mass is 16.3. The summed E-state index contributed by atoms with van der Waals surface area (Å²) in [5, 5.41) is 11.6. The first-order valence-electron chi connectivity index (χ1n) is 7.95. The standard InChI is InChI=1S/C23H16O/c24-23(17-16-18-8-2-1-3-9-18)21-12-6-4-10-19(21)14-15-20-11-5-7-13-22(20)23/h1-15,24H. The first-order chi connectivity index (χ1) is 11.8. The highest BCUT2D eigenvalue weighted by Crippen LogP contribution is 2.37. The smallest absolute Gasteiger partial charge is 0.178 e. The Kier molecular flexibility index (Phi) is 3.54. The van der Waals surface area contributed by atoms with Crippen molar-refractivity contribution >= 4 is 12.2 Å². The van der Waals surface area contributed by atoms with Crippen LogP contribution in [0.1, 0.15) is 27.8 Å². The van der Waals surface area contributed by atoms with E-state index in [0.29, 0.717) is 0 Å². The van der Waals surface area contributed by atoms with Crippen molar-refractivity contribution < 1.29 is 5.11 Å². The van der Waals surface area contributed by atoms with Crippen molar-refractivity contribution in [1.29, 1.82) is 0 Å². The van der Waals surface area contributed by atoms with Crippen LogP contribution in [-0.4, -0.2) is 5.11 Å². The summed E-state index contributed by atoms with van der Waals surface area (Å²) in [5.41, 5.74) is 3.14. The van der Waals surface area contributed by atoms with Gasteiger partial charge < -0.3 is 5.11 Å². The maximum absolute atomic E-state index is 11.6. The lowest BCUT2D eigenvalue weighted by molar-refractivity contribution is 0.145. The summed E-state index contributed by atoms with van der Waals surface area (Å²) in [6.07, 6.45) is 4.08. The predicted molar refractivity (Wildman–Crippen MR) is 98.1 cm³/mol. The van der Waals surface area contributed by atoms with E-state index in [1.165, 1.54) is 0 Å². The third-order valence-electron chi connectivity index (χ3n) is 4.31. The molecule has 1 heteroatoms. The monoisotopic (exact) mass is 308 g/mol. The Morgan fingerprint density at radius 2 is 1.12 bits per heavy atom. The van der Waals surface area contributed by atoms with E-state index in [4.69, 9.17) is 0 Å². The molecule has 0 unspecified atom stereocenters. The minimum atomic E-state index is -1.34. The SMILES string of the molecule is OC1(C#Cc2ccccc2)c2ccccc2C=Cc2ccccc21. The molecule has 3 aromatic carbocycles. The lowest BCUT2D eigenvalue weighted by Crippen LogP contribution is -2.26. The molecular formula is C23H16O. The molecule has 4 rings (SSSR count). The van der Waals surface area contributed by atoms with E-state index < -0.39 is 5.60 Å². The van der Waals surface area contributed by atoms with Gasteiger partial charge in [-0.25, -0.2) is 0 Å². The van der Waals surface area contributed by atoms with E-state index in [9.17, 15) is 5.11 Å². The van der Waals surface area contributed by atoms with Crippen molar-refractivity contribution in [2.45, 2.75) is 5.60 Å². The molecule has 0 bridgehead atoms. The van der Waals surface area contributed by atoms with Crippen LogP contribution in [0.2, 0.25) is 0 Å². The molecule has 1 N–H and O–H groups in total. The van der Waals surface area contributed by atoms with Crippen LogP contribution in [0.4, 0.5) is 0 Å². The first kappa shape index (κ1) is 14.5. The van der Waals surface area contributed by atoms with Gasteiger partial charge in [0.25, 0.3) is 0 Å². The minimum absolute atomic E-state index is 0.814. The Morgan fingerprint density at radius 1 is 0.625 bits per heavy atom. The lowest BCUT2D eigenvalue weighted by Gasteiger charge is -2.25. The van der Waals surface area contributed by atoms with Crippen LogP contribution in [0.15, 0.2) is 78.9 Å². The number of aliphatic hydroxyl groups is 1. The van der Waals surface area contributed by atoms with Gasteiger partial charge in [-0.05, 0) is 23.3 Å². The van der Waals surface area contributed by atoms with Crippen molar-refractivity contribution in [3.8, 4) is 11.8 Å². The summed E-state index contributed by atoms with van der Waals surface area (Å²) in [4.78, 5) is 0. The zero-order valence-corrected chi connectivity index (χ0v) is 13.1. The summed E-state index contributed by atoms with van der Waals surface area (Å²) >= 11 is 0. The fourth-order valence-electron chi connectivity index (χ4n) is 3.09. The predicted octanol–water partition coefficient (Wildman–Crippen LogP) is 4.46. The van der Waals surface area contributed by atoms with Crippen molar-refractivity contribution in [1.82, 2.24) is 0 Å². The average Bonchev–Trinajstić information content (AvgIpc) is 2.77. The van der Waals surface area contributed by atoms with E-state index in [1.807, 2.05) is 91.0 Å². The first-order valence-corrected chi connectivity index (χ1v) is 7.95. The molecule has 0 spiro atoms. The van der Waals surface area contributed by atoms with Crippen molar-refractivity contribution in [3.05, 3.63) is 107 Å². The zero-order valence-electron chi connectivity index (χ0n) is 13.1. The Labute approximate surface area is 141 Å². The quantitative estimate of drug-likeness (QED) is 0.608. The molecule has 0 heterocycles. The third-order valence-corrected chi connectivity index (χ3v) is 4.31. The molecule has 0 radical (unpaired) electrons. The van der Waals surface area contributed by atoms with Gasteiger partial charge in [0.2, 0.25) is 0 Å². The van der Waals surface area contributed by atoms with Gasteiger partial charge in [-0.3, -0.25) is 0 Å². The van der Waals surface area contributed by atoms with Gasteiger partial charge in [-0.1, -0.05) is 90.7 Å². The average molecular weight is 308 g/mol. The van der Waals surface area contributed by atoms with Crippen LogP contribution in [0.3, 0.4) is 0 Å². The van der Waals surface area contributed by atoms with E-state index in [0.717, 1.165) is 27.8 Å². The van der Waals surface area contributed by atoms with E-state index in [2.05, 4.69) is 11.8 Å². The molecule has 3 aromatic rings. The maximum Gasteiger partial charge on any atom is 0.178 e. The summed E-state index contributed by atoms with van der Waals surface area (Å²) in [6, 6.07) is 25.5. The molecule has 0 aliphatic heterocycles. The van der Waals surface area contributed by atoms with Crippen LogP contribution in [0.5, 0.6) is 0 Å². The van der Waals surface area contributed by atoms with Crippen LogP contribution in [-0.2, 0) is 5.60 Å². The van der Waals surface area contributed by atoms with Crippen LogP contribution < -0.4 is 0 Å².